The zero-order valence-electron chi connectivity index (χ0n) is 15.7. The molecule has 0 aliphatic heterocycles. The molecule has 0 saturated heterocycles. The first-order valence-electron chi connectivity index (χ1n) is 9.18. The molecular formula is C19H20F6N4. The third kappa shape index (κ3) is 5.30. The van der Waals surface area contributed by atoms with E-state index in [1.807, 2.05) is 13.8 Å². The number of nitrogens with zero attached hydrogens (tertiary/aromatic N) is 2. The Balaban J connectivity index is 1.98. The van der Waals surface area contributed by atoms with Crippen LogP contribution < -0.4 is 10.6 Å². The highest BCUT2D eigenvalue weighted by Gasteiger charge is 2.38. The minimum absolute atomic E-state index is 0.0501. The lowest BCUT2D eigenvalue weighted by Crippen LogP contribution is -2.17. The van der Waals surface area contributed by atoms with Gasteiger partial charge in [0.15, 0.2) is 0 Å². The Morgan fingerprint density at radius 3 is 2.28 bits per heavy atom. The molecule has 0 radical (unpaired) electrons. The van der Waals surface area contributed by atoms with Crippen LogP contribution in [0.4, 0.5) is 43.8 Å². The Bertz CT molecular complexity index is 874. The van der Waals surface area contributed by atoms with Crippen molar-refractivity contribution >= 4 is 17.5 Å². The smallest absolute Gasteiger partial charge is 0.352 e. The SMILES string of the molecule is CC[C@H](C)Nc1nc(Nc2ccc(C(F)(F)F)cc2C(F)(F)F)cc(C2CC2)n1. The highest BCUT2D eigenvalue weighted by Crippen LogP contribution is 2.42. The molecule has 10 heteroatoms. The van der Waals surface area contributed by atoms with Crippen molar-refractivity contribution in [1.29, 1.82) is 0 Å². The van der Waals surface area contributed by atoms with Gasteiger partial charge in [0.05, 0.1) is 22.5 Å². The van der Waals surface area contributed by atoms with E-state index in [4.69, 9.17) is 0 Å². The molecular weight excluding hydrogens is 398 g/mol. The number of rotatable bonds is 6. The third-order valence-electron chi connectivity index (χ3n) is 4.64. The molecule has 29 heavy (non-hydrogen) atoms. The summed E-state index contributed by atoms with van der Waals surface area (Å²) in [7, 11) is 0. The Hall–Kier alpha value is -2.52. The first-order chi connectivity index (χ1) is 13.5. The third-order valence-corrected chi connectivity index (χ3v) is 4.64. The molecule has 2 N–H and O–H groups in total. The van der Waals surface area contributed by atoms with Crippen LogP contribution in [0.2, 0.25) is 0 Å². The van der Waals surface area contributed by atoms with E-state index in [-0.39, 0.29) is 29.8 Å². The zero-order valence-corrected chi connectivity index (χ0v) is 15.7. The Morgan fingerprint density at radius 1 is 1.03 bits per heavy atom. The van der Waals surface area contributed by atoms with Crippen LogP contribution in [0.25, 0.3) is 0 Å². The van der Waals surface area contributed by atoms with Crippen molar-refractivity contribution in [2.45, 2.75) is 57.4 Å². The van der Waals surface area contributed by atoms with E-state index in [1.54, 1.807) is 0 Å². The van der Waals surface area contributed by atoms with Crippen molar-refractivity contribution in [3.05, 3.63) is 41.1 Å². The topological polar surface area (TPSA) is 49.8 Å². The van der Waals surface area contributed by atoms with Gasteiger partial charge in [0.2, 0.25) is 5.95 Å². The number of alkyl halides is 6. The molecule has 1 atom stereocenters. The summed E-state index contributed by atoms with van der Waals surface area (Å²) in [6.07, 6.45) is -7.20. The van der Waals surface area contributed by atoms with Gasteiger partial charge in [-0.15, -0.1) is 0 Å². The number of aromatic nitrogens is 2. The molecule has 0 unspecified atom stereocenters. The summed E-state index contributed by atoms with van der Waals surface area (Å²) in [6, 6.07) is 3.07. The standard InChI is InChI=1S/C19H20F6N4/c1-3-10(2)26-17-28-15(11-4-5-11)9-16(29-17)27-14-7-6-12(18(20,21)22)8-13(14)19(23,24)25/h6-11H,3-5H2,1-2H3,(H2,26,27,28,29)/t10-/m0/s1. The second-order valence-electron chi connectivity index (χ2n) is 7.11. The predicted molar refractivity (Wildman–Crippen MR) is 97.1 cm³/mol. The van der Waals surface area contributed by atoms with E-state index in [2.05, 4.69) is 20.6 Å². The van der Waals surface area contributed by atoms with Crippen molar-refractivity contribution in [3.8, 4) is 0 Å². The van der Waals surface area contributed by atoms with Crippen molar-refractivity contribution in [2.24, 2.45) is 0 Å². The zero-order chi connectivity index (χ0) is 21.4. The fourth-order valence-corrected chi connectivity index (χ4v) is 2.71. The molecule has 1 aromatic carbocycles. The lowest BCUT2D eigenvalue weighted by Gasteiger charge is -2.18. The fraction of sp³-hybridized carbons (Fsp3) is 0.474. The van der Waals surface area contributed by atoms with Gasteiger partial charge in [-0.3, -0.25) is 0 Å². The minimum atomic E-state index is -4.96. The molecule has 158 valence electrons. The van der Waals surface area contributed by atoms with E-state index in [9.17, 15) is 26.3 Å². The fourth-order valence-electron chi connectivity index (χ4n) is 2.71. The summed E-state index contributed by atoms with van der Waals surface area (Å²) in [5.41, 5.74) is -2.58. The van der Waals surface area contributed by atoms with Crippen LogP contribution in [-0.4, -0.2) is 16.0 Å². The van der Waals surface area contributed by atoms with Crippen LogP contribution in [-0.2, 0) is 12.4 Å². The quantitative estimate of drug-likeness (QED) is 0.537. The van der Waals surface area contributed by atoms with Crippen molar-refractivity contribution in [1.82, 2.24) is 9.97 Å². The van der Waals surface area contributed by atoms with Crippen LogP contribution in [0.1, 0.15) is 55.8 Å². The number of nitrogens with one attached hydrogen (secondary N) is 2. The average molecular weight is 418 g/mol. The van der Waals surface area contributed by atoms with Crippen LogP contribution in [0, 0.1) is 0 Å². The highest BCUT2D eigenvalue weighted by atomic mass is 19.4. The number of benzene rings is 1. The molecule has 0 bridgehead atoms. The van der Waals surface area contributed by atoms with Gasteiger partial charge in [-0.2, -0.15) is 31.3 Å². The average Bonchev–Trinajstić information content (AvgIpc) is 3.45. The number of hydrogen-bond acceptors (Lipinski definition) is 4. The van der Waals surface area contributed by atoms with Gasteiger partial charge in [0.25, 0.3) is 0 Å². The van der Waals surface area contributed by atoms with Crippen molar-refractivity contribution in [2.75, 3.05) is 10.6 Å². The van der Waals surface area contributed by atoms with Gasteiger partial charge >= 0.3 is 12.4 Å². The number of anilines is 3. The predicted octanol–water partition coefficient (Wildman–Crippen LogP) is 6.35. The van der Waals surface area contributed by atoms with E-state index in [0.717, 1.165) is 25.3 Å². The summed E-state index contributed by atoms with van der Waals surface area (Å²) in [5.74, 6) is 0.579. The normalized spacial score (nSPS) is 15.9. The molecule has 0 spiro atoms. The molecule has 2 aromatic rings. The monoisotopic (exact) mass is 418 g/mol. The maximum Gasteiger partial charge on any atom is 0.418 e. The first kappa shape index (κ1) is 21.2. The van der Waals surface area contributed by atoms with E-state index >= 15 is 0 Å². The largest absolute Gasteiger partial charge is 0.418 e. The number of hydrogen-bond donors (Lipinski definition) is 2. The van der Waals surface area contributed by atoms with Crippen LogP contribution in [0.5, 0.6) is 0 Å². The lowest BCUT2D eigenvalue weighted by molar-refractivity contribution is -0.142. The van der Waals surface area contributed by atoms with Gasteiger partial charge in [0, 0.05) is 18.0 Å². The molecule has 1 aromatic heterocycles. The molecule has 1 heterocycles. The van der Waals surface area contributed by atoms with Crippen molar-refractivity contribution < 1.29 is 26.3 Å². The summed E-state index contributed by atoms with van der Waals surface area (Å²) < 4.78 is 78.7. The van der Waals surface area contributed by atoms with Gasteiger partial charge in [-0.25, -0.2) is 4.98 Å². The van der Waals surface area contributed by atoms with Gasteiger partial charge in [0.1, 0.15) is 5.82 Å². The lowest BCUT2D eigenvalue weighted by atomic mass is 10.1. The summed E-state index contributed by atoms with van der Waals surface area (Å²) in [6.45, 7) is 3.87. The Morgan fingerprint density at radius 2 is 1.72 bits per heavy atom. The highest BCUT2D eigenvalue weighted by molar-refractivity contribution is 5.63. The van der Waals surface area contributed by atoms with E-state index in [1.165, 1.54) is 6.07 Å². The molecule has 0 amide bonds. The van der Waals surface area contributed by atoms with Crippen LogP contribution in [0.15, 0.2) is 24.3 Å². The van der Waals surface area contributed by atoms with Crippen molar-refractivity contribution in [3.63, 3.8) is 0 Å². The number of halogens is 6. The van der Waals surface area contributed by atoms with E-state index < -0.39 is 29.2 Å². The second kappa shape index (κ2) is 7.72. The van der Waals surface area contributed by atoms with Gasteiger partial charge in [-0.05, 0) is 44.4 Å². The van der Waals surface area contributed by atoms with Crippen LogP contribution in [0.3, 0.4) is 0 Å². The van der Waals surface area contributed by atoms with Crippen LogP contribution >= 0.6 is 0 Å². The molecule has 1 saturated carbocycles. The van der Waals surface area contributed by atoms with E-state index in [0.29, 0.717) is 11.8 Å². The maximum atomic E-state index is 13.4. The summed E-state index contributed by atoms with van der Waals surface area (Å²) in [5, 5.41) is 5.62. The Kier molecular flexibility index (Phi) is 5.64. The molecule has 3 rings (SSSR count). The molecule has 1 aliphatic rings. The Labute approximate surface area is 163 Å². The second-order valence-corrected chi connectivity index (χ2v) is 7.11. The first-order valence-corrected chi connectivity index (χ1v) is 9.18. The maximum absolute atomic E-state index is 13.4. The van der Waals surface area contributed by atoms with Gasteiger partial charge in [-0.1, -0.05) is 6.92 Å². The summed E-state index contributed by atoms with van der Waals surface area (Å²) in [4.78, 5) is 8.61. The molecule has 1 fully saturated rings. The minimum Gasteiger partial charge on any atom is -0.352 e. The molecule has 1 aliphatic carbocycles. The van der Waals surface area contributed by atoms with Gasteiger partial charge < -0.3 is 10.6 Å². The molecule has 4 nitrogen and oxygen atoms in total. The summed E-state index contributed by atoms with van der Waals surface area (Å²) >= 11 is 0.